The topological polar surface area (TPSA) is 117 Å². The van der Waals surface area contributed by atoms with Gasteiger partial charge in [-0.25, -0.2) is 14.2 Å². The number of pyridine rings is 2. The Morgan fingerprint density at radius 2 is 2.09 bits per heavy atom. The predicted molar refractivity (Wildman–Crippen MR) is 117 cm³/mol. The van der Waals surface area contributed by atoms with Crippen molar-refractivity contribution < 1.29 is 23.8 Å². The van der Waals surface area contributed by atoms with Crippen LogP contribution in [0.5, 0.6) is 0 Å². The smallest absolute Gasteiger partial charge is 0.340 e. The Balaban J connectivity index is 1.67. The summed E-state index contributed by atoms with van der Waals surface area (Å²) in [5.41, 5.74) is 11.4. The molecule has 3 aliphatic heterocycles. The summed E-state index contributed by atoms with van der Waals surface area (Å²) in [5.74, 6) is -1.19. The molecule has 168 valence electrons. The number of hydrogen-bond donors (Lipinski definition) is 2. The average molecular weight is 449 g/mol. The Kier molecular flexibility index (Phi) is 4.32. The highest BCUT2D eigenvalue weighted by atomic mass is 19.1. The van der Waals surface area contributed by atoms with Gasteiger partial charge in [0.25, 0.3) is 5.56 Å². The van der Waals surface area contributed by atoms with Gasteiger partial charge in [0, 0.05) is 29.1 Å². The Labute approximate surface area is 187 Å². The summed E-state index contributed by atoms with van der Waals surface area (Å²) >= 11 is 0. The summed E-state index contributed by atoms with van der Waals surface area (Å²) in [6, 6.07) is 2.99. The fourth-order valence-corrected chi connectivity index (χ4v) is 5.14. The summed E-state index contributed by atoms with van der Waals surface area (Å²) in [6.45, 7) is 2.77. The molecular formula is C24H20FN3O5. The Morgan fingerprint density at radius 3 is 2.82 bits per heavy atom. The highest BCUT2D eigenvalue weighted by molar-refractivity contribution is 5.99. The van der Waals surface area contributed by atoms with E-state index in [1.807, 2.05) is 6.08 Å². The average Bonchev–Trinajstić information content (AvgIpc) is 3.45. The molecule has 0 amide bonds. The van der Waals surface area contributed by atoms with Crippen LogP contribution in [0.4, 0.5) is 4.39 Å². The zero-order valence-corrected chi connectivity index (χ0v) is 17.8. The van der Waals surface area contributed by atoms with Gasteiger partial charge in [-0.05, 0) is 35.3 Å². The molecule has 3 aliphatic rings. The first-order valence-electron chi connectivity index (χ1n) is 10.6. The molecule has 0 unspecified atom stereocenters. The van der Waals surface area contributed by atoms with E-state index in [0.29, 0.717) is 35.7 Å². The van der Waals surface area contributed by atoms with Crippen molar-refractivity contribution in [3.8, 4) is 11.4 Å². The number of aliphatic hydroxyl groups excluding tert-OH is 1. The number of aromatic nitrogens is 2. The number of nitrogens with two attached hydrogens (primary N) is 1. The number of rotatable bonds is 2. The van der Waals surface area contributed by atoms with Crippen molar-refractivity contribution in [2.45, 2.75) is 32.7 Å². The highest BCUT2D eigenvalue weighted by Crippen LogP contribution is 2.41. The van der Waals surface area contributed by atoms with Crippen molar-refractivity contribution in [2.24, 2.45) is 5.73 Å². The molecule has 0 saturated heterocycles. The van der Waals surface area contributed by atoms with Gasteiger partial charge in [0.15, 0.2) is 6.10 Å². The van der Waals surface area contributed by atoms with E-state index < -0.39 is 12.1 Å². The van der Waals surface area contributed by atoms with Crippen molar-refractivity contribution in [1.82, 2.24) is 9.55 Å². The minimum Gasteiger partial charge on any atom is -0.458 e. The minimum absolute atomic E-state index is 0.167. The van der Waals surface area contributed by atoms with Gasteiger partial charge in [-0.15, -0.1) is 0 Å². The lowest BCUT2D eigenvalue weighted by atomic mass is 9.90. The molecule has 3 aromatic rings. The second-order valence-electron chi connectivity index (χ2n) is 8.48. The van der Waals surface area contributed by atoms with Gasteiger partial charge in [-0.2, -0.15) is 0 Å². The predicted octanol–water partition coefficient (Wildman–Crippen LogP) is 1.84. The normalized spacial score (nSPS) is 18.7. The summed E-state index contributed by atoms with van der Waals surface area (Å²) in [7, 11) is 0. The molecule has 9 heteroatoms. The monoisotopic (exact) mass is 449 g/mol. The molecule has 2 aromatic heterocycles. The lowest BCUT2D eigenvalue weighted by molar-refractivity contribution is -0.157. The van der Waals surface area contributed by atoms with E-state index in [-0.39, 0.29) is 42.2 Å². The Morgan fingerprint density at radius 1 is 1.27 bits per heavy atom. The summed E-state index contributed by atoms with van der Waals surface area (Å²) in [4.78, 5) is 29.8. The maximum Gasteiger partial charge on any atom is 0.340 e. The van der Waals surface area contributed by atoms with E-state index in [9.17, 15) is 19.1 Å². The summed E-state index contributed by atoms with van der Waals surface area (Å²) in [5, 5.41) is 11.1. The van der Waals surface area contributed by atoms with E-state index in [4.69, 9.17) is 20.2 Å². The number of nitrogens with zero attached hydrogens (tertiary/aromatic N) is 2. The molecule has 0 saturated carbocycles. The molecule has 0 radical (unpaired) electrons. The van der Waals surface area contributed by atoms with Crippen LogP contribution < -0.4 is 11.3 Å². The van der Waals surface area contributed by atoms with Crippen LogP contribution in [0.1, 0.15) is 39.5 Å². The fourth-order valence-electron chi connectivity index (χ4n) is 5.14. The maximum absolute atomic E-state index is 15.0. The molecule has 3 N–H and O–H groups in total. The molecule has 33 heavy (non-hydrogen) atoms. The van der Waals surface area contributed by atoms with Gasteiger partial charge in [0.2, 0.25) is 0 Å². The van der Waals surface area contributed by atoms with Crippen LogP contribution in [-0.4, -0.2) is 33.8 Å². The van der Waals surface area contributed by atoms with Gasteiger partial charge in [-0.3, -0.25) is 4.79 Å². The van der Waals surface area contributed by atoms with E-state index in [1.54, 1.807) is 17.6 Å². The third-order valence-corrected chi connectivity index (χ3v) is 6.79. The number of fused-ring (bicyclic) bond motifs is 5. The number of esters is 1. The zero-order chi connectivity index (χ0) is 23.0. The Hall–Kier alpha value is -3.40. The molecule has 5 heterocycles. The SMILES string of the molecule is Cc1c(F)cc2nc3c(c(CN)c2c1C1=CCOC1)Cn1c-3cc2c(c1=O)COC(=O)[C@H]2O. The summed E-state index contributed by atoms with van der Waals surface area (Å²) in [6.07, 6.45) is 0.396. The molecule has 1 aromatic carbocycles. The number of carbonyl (C=O) groups is 1. The standard InChI is InChI=1S/C24H20FN3O5/c1-10-16(25)5-17-20(19(10)11-2-3-32-8-11)13(6-26)14-7-28-18(21(14)27-17)4-12-15(23(28)30)9-33-24(31)22(12)29/h2,4-5,22,29H,3,6-9,26H2,1H3/t22-/m0/s1. The number of benzene rings is 1. The zero-order valence-electron chi connectivity index (χ0n) is 17.8. The quantitative estimate of drug-likeness (QED) is 0.449. The van der Waals surface area contributed by atoms with Gasteiger partial charge >= 0.3 is 5.97 Å². The Bertz CT molecular complexity index is 1490. The van der Waals surface area contributed by atoms with Crippen molar-refractivity contribution in [3.05, 3.63) is 67.8 Å². The van der Waals surface area contributed by atoms with Gasteiger partial charge in [0.05, 0.1) is 42.2 Å². The van der Waals surface area contributed by atoms with Crippen molar-refractivity contribution in [2.75, 3.05) is 13.2 Å². The largest absolute Gasteiger partial charge is 0.458 e. The second-order valence-corrected chi connectivity index (χ2v) is 8.48. The summed E-state index contributed by atoms with van der Waals surface area (Å²) < 4.78 is 26.9. The van der Waals surface area contributed by atoms with Crippen molar-refractivity contribution >= 4 is 22.4 Å². The second kappa shape index (κ2) is 7.05. The van der Waals surface area contributed by atoms with E-state index >= 15 is 0 Å². The van der Waals surface area contributed by atoms with E-state index in [0.717, 1.165) is 27.6 Å². The molecular weight excluding hydrogens is 429 g/mol. The van der Waals surface area contributed by atoms with Crippen LogP contribution in [0.15, 0.2) is 23.0 Å². The maximum atomic E-state index is 15.0. The van der Waals surface area contributed by atoms with Crippen LogP contribution in [0.2, 0.25) is 0 Å². The van der Waals surface area contributed by atoms with Gasteiger partial charge < -0.3 is 24.9 Å². The molecule has 0 bridgehead atoms. The van der Waals surface area contributed by atoms with Crippen LogP contribution in [0, 0.1) is 12.7 Å². The van der Waals surface area contributed by atoms with Crippen LogP contribution >= 0.6 is 0 Å². The molecule has 0 spiro atoms. The number of aliphatic hydroxyl groups is 1. The minimum atomic E-state index is -1.54. The molecule has 6 rings (SSSR count). The number of halogens is 1. The third-order valence-electron chi connectivity index (χ3n) is 6.79. The lowest BCUT2D eigenvalue weighted by Crippen LogP contribution is -2.32. The first-order chi connectivity index (χ1) is 15.9. The van der Waals surface area contributed by atoms with Crippen LogP contribution in [0.25, 0.3) is 27.9 Å². The molecule has 1 atom stereocenters. The third kappa shape index (κ3) is 2.70. The number of hydrogen-bond acceptors (Lipinski definition) is 7. The first-order valence-corrected chi connectivity index (χ1v) is 10.6. The highest BCUT2D eigenvalue weighted by Gasteiger charge is 2.35. The number of carbonyl (C=O) groups excluding carboxylic acids is 1. The lowest BCUT2D eigenvalue weighted by Gasteiger charge is -2.21. The fraction of sp³-hybridized carbons (Fsp3) is 0.292. The van der Waals surface area contributed by atoms with Gasteiger partial charge in [-0.1, -0.05) is 6.08 Å². The molecule has 0 fully saturated rings. The van der Waals surface area contributed by atoms with Crippen LogP contribution in [0.3, 0.4) is 0 Å². The van der Waals surface area contributed by atoms with Crippen molar-refractivity contribution in [1.29, 1.82) is 0 Å². The van der Waals surface area contributed by atoms with E-state index in [2.05, 4.69) is 0 Å². The molecule has 0 aliphatic carbocycles. The van der Waals surface area contributed by atoms with Crippen LogP contribution in [-0.2, 0) is 34.0 Å². The van der Waals surface area contributed by atoms with Crippen molar-refractivity contribution in [3.63, 3.8) is 0 Å². The van der Waals surface area contributed by atoms with E-state index in [1.165, 1.54) is 6.07 Å². The first kappa shape index (κ1) is 20.2. The number of ether oxygens (including phenoxy) is 2. The molecule has 8 nitrogen and oxygen atoms in total. The number of cyclic esters (lactones) is 1. The van der Waals surface area contributed by atoms with Gasteiger partial charge in [0.1, 0.15) is 12.4 Å².